The van der Waals surface area contributed by atoms with Gasteiger partial charge in [-0.15, -0.1) is 10.2 Å². The largest absolute Gasteiger partial charge is 0.407 e. The van der Waals surface area contributed by atoms with E-state index >= 15 is 0 Å². The average molecular weight is 301 g/mol. The third-order valence-corrected chi connectivity index (χ3v) is 3.57. The van der Waals surface area contributed by atoms with Gasteiger partial charge in [0.25, 0.3) is 5.91 Å². The van der Waals surface area contributed by atoms with Crippen LogP contribution in [0.3, 0.4) is 0 Å². The molecule has 1 aromatic carbocycles. The molecule has 0 bridgehead atoms. The van der Waals surface area contributed by atoms with Crippen molar-refractivity contribution in [3.05, 3.63) is 52.4 Å². The van der Waals surface area contributed by atoms with E-state index in [0.29, 0.717) is 22.9 Å². The van der Waals surface area contributed by atoms with E-state index in [2.05, 4.69) is 25.1 Å². The molecule has 7 nitrogen and oxygen atoms in total. The first kappa shape index (κ1) is 13.4. The van der Waals surface area contributed by atoms with E-state index in [1.54, 1.807) is 6.92 Å². The highest BCUT2D eigenvalue weighted by molar-refractivity contribution is 7.08. The highest BCUT2D eigenvalue weighted by Gasteiger charge is 2.16. The van der Waals surface area contributed by atoms with Crippen molar-refractivity contribution in [2.75, 3.05) is 5.32 Å². The minimum absolute atomic E-state index is 0.0683. The van der Waals surface area contributed by atoms with Crippen molar-refractivity contribution in [2.24, 2.45) is 0 Å². The molecule has 0 aliphatic heterocycles. The normalized spacial score (nSPS) is 10.5. The summed E-state index contributed by atoms with van der Waals surface area (Å²) in [5.41, 5.74) is 1.63. The van der Waals surface area contributed by atoms with Crippen LogP contribution in [0, 0.1) is 6.92 Å². The lowest BCUT2D eigenvalue weighted by Crippen LogP contribution is -2.11. The van der Waals surface area contributed by atoms with Gasteiger partial charge in [0.1, 0.15) is 4.88 Å². The number of aryl methyl sites for hydroxylation is 1. The predicted molar refractivity (Wildman–Crippen MR) is 76.1 cm³/mol. The molecule has 1 N–H and O–H groups in total. The number of anilines is 1. The molecule has 0 fully saturated rings. The van der Waals surface area contributed by atoms with Crippen molar-refractivity contribution < 1.29 is 9.21 Å². The van der Waals surface area contributed by atoms with Crippen LogP contribution in [0.25, 0.3) is 0 Å². The van der Waals surface area contributed by atoms with Gasteiger partial charge in [0.2, 0.25) is 5.89 Å². The lowest BCUT2D eigenvalue weighted by atomic mass is 10.2. The molecule has 3 aromatic rings. The maximum absolute atomic E-state index is 12.0. The molecule has 0 atom stereocenters. The van der Waals surface area contributed by atoms with E-state index in [1.165, 1.54) is 0 Å². The van der Waals surface area contributed by atoms with E-state index in [1.807, 2.05) is 30.3 Å². The first-order chi connectivity index (χ1) is 10.2. The zero-order chi connectivity index (χ0) is 14.7. The molecule has 2 heterocycles. The van der Waals surface area contributed by atoms with Gasteiger partial charge < -0.3 is 4.42 Å². The Morgan fingerprint density at radius 3 is 2.76 bits per heavy atom. The summed E-state index contributed by atoms with van der Waals surface area (Å²) in [5, 5.41) is 14.0. The van der Waals surface area contributed by atoms with Gasteiger partial charge in [0, 0.05) is 0 Å². The van der Waals surface area contributed by atoms with Crippen LogP contribution in [0.1, 0.15) is 26.8 Å². The lowest BCUT2D eigenvalue weighted by molar-refractivity contribution is 0.102. The summed E-state index contributed by atoms with van der Waals surface area (Å²) < 4.78 is 9.12. The fraction of sp³-hybridized carbons (Fsp3) is 0.154. The zero-order valence-electron chi connectivity index (χ0n) is 11.1. The van der Waals surface area contributed by atoms with Gasteiger partial charge >= 0.3 is 6.01 Å². The number of rotatable bonds is 4. The summed E-state index contributed by atoms with van der Waals surface area (Å²) in [7, 11) is 0. The molecule has 0 saturated carbocycles. The smallest absolute Gasteiger partial charge is 0.322 e. The number of hydrogen-bond donors (Lipinski definition) is 1. The molecule has 0 aliphatic carbocycles. The second-order valence-electron chi connectivity index (χ2n) is 4.30. The van der Waals surface area contributed by atoms with E-state index in [4.69, 9.17) is 4.42 Å². The predicted octanol–water partition coefficient (Wildman–Crippen LogP) is 2.07. The standard InChI is InChI=1S/C13H11N5O2S/c1-8-11(21-18-15-8)12(19)14-13-17-16-10(20-13)7-9-5-3-2-4-6-9/h2-6H,7H2,1H3,(H,14,17,19). The first-order valence-corrected chi connectivity index (χ1v) is 6.96. The Morgan fingerprint density at radius 1 is 1.24 bits per heavy atom. The minimum Gasteiger partial charge on any atom is -0.407 e. The maximum atomic E-state index is 12.0. The number of amides is 1. The summed E-state index contributed by atoms with van der Waals surface area (Å²) in [6.45, 7) is 1.72. The Kier molecular flexibility index (Phi) is 3.69. The van der Waals surface area contributed by atoms with Crippen molar-refractivity contribution >= 4 is 23.5 Å². The Labute approximate surface area is 124 Å². The van der Waals surface area contributed by atoms with Crippen LogP contribution in [0.4, 0.5) is 6.01 Å². The van der Waals surface area contributed by atoms with Crippen LogP contribution in [-0.2, 0) is 6.42 Å². The quantitative estimate of drug-likeness (QED) is 0.793. The van der Waals surface area contributed by atoms with Crippen molar-refractivity contribution in [3.63, 3.8) is 0 Å². The Bertz CT molecular complexity index is 753. The molecule has 1 amide bonds. The van der Waals surface area contributed by atoms with Crippen molar-refractivity contribution in [2.45, 2.75) is 13.3 Å². The van der Waals surface area contributed by atoms with Crippen LogP contribution >= 0.6 is 11.5 Å². The molecule has 0 saturated heterocycles. The van der Waals surface area contributed by atoms with E-state index < -0.39 is 0 Å². The molecular weight excluding hydrogens is 290 g/mol. The first-order valence-electron chi connectivity index (χ1n) is 6.19. The molecule has 21 heavy (non-hydrogen) atoms. The number of aromatic nitrogens is 4. The Balaban J connectivity index is 1.68. The molecule has 0 aliphatic rings. The van der Waals surface area contributed by atoms with Gasteiger partial charge in [-0.05, 0) is 24.0 Å². The van der Waals surface area contributed by atoms with Gasteiger partial charge in [-0.25, -0.2) is 0 Å². The third kappa shape index (κ3) is 3.11. The summed E-state index contributed by atoms with van der Waals surface area (Å²) >= 11 is 1.02. The fourth-order valence-corrected chi connectivity index (χ4v) is 2.29. The molecule has 8 heteroatoms. The summed E-state index contributed by atoms with van der Waals surface area (Å²) in [5.74, 6) is 0.0908. The fourth-order valence-electron chi connectivity index (χ4n) is 1.74. The number of hydrogen-bond acceptors (Lipinski definition) is 7. The molecule has 106 valence electrons. The maximum Gasteiger partial charge on any atom is 0.322 e. The van der Waals surface area contributed by atoms with Gasteiger partial charge in [-0.2, -0.15) is 0 Å². The van der Waals surface area contributed by atoms with Crippen LogP contribution in [0.2, 0.25) is 0 Å². The van der Waals surface area contributed by atoms with Gasteiger partial charge in [0.05, 0.1) is 12.1 Å². The topological polar surface area (TPSA) is 93.8 Å². The van der Waals surface area contributed by atoms with Crippen molar-refractivity contribution in [1.29, 1.82) is 0 Å². The Hall–Kier alpha value is -2.61. The lowest BCUT2D eigenvalue weighted by Gasteiger charge is -1.97. The van der Waals surface area contributed by atoms with E-state index in [0.717, 1.165) is 17.1 Å². The van der Waals surface area contributed by atoms with Crippen LogP contribution in [0.15, 0.2) is 34.7 Å². The number of benzene rings is 1. The number of nitrogens with zero attached hydrogens (tertiary/aromatic N) is 4. The Morgan fingerprint density at radius 2 is 2.05 bits per heavy atom. The average Bonchev–Trinajstić information content (AvgIpc) is 3.09. The number of carbonyl (C=O) groups is 1. The molecule has 3 rings (SSSR count). The SMILES string of the molecule is Cc1nnsc1C(=O)Nc1nnc(Cc2ccccc2)o1. The van der Waals surface area contributed by atoms with Gasteiger partial charge in [0.15, 0.2) is 0 Å². The van der Waals surface area contributed by atoms with Crippen LogP contribution in [-0.4, -0.2) is 25.7 Å². The van der Waals surface area contributed by atoms with Crippen molar-refractivity contribution in [1.82, 2.24) is 19.8 Å². The van der Waals surface area contributed by atoms with Gasteiger partial charge in [-0.3, -0.25) is 10.1 Å². The summed E-state index contributed by atoms with van der Waals surface area (Å²) in [6.07, 6.45) is 0.519. The van der Waals surface area contributed by atoms with Crippen molar-refractivity contribution in [3.8, 4) is 0 Å². The molecule has 0 unspecified atom stereocenters. The summed E-state index contributed by atoms with van der Waals surface area (Å²) in [6, 6.07) is 9.82. The summed E-state index contributed by atoms with van der Waals surface area (Å²) in [4.78, 5) is 12.4. The highest BCUT2D eigenvalue weighted by atomic mass is 32.1. The second-order valence-corrected chi connectivity index (χ2v) is 5.06. The number of carbonyl (C=O) groups excluding carboxylic acids is 1. The molecule has 0 spiro atoms. The van der Waals surface area contributed by atoms with Gasteiger partial charge in [-0.1, -0.05) is 39.9 Å². The third-order valence-electron chi connectivity index (χ3n) is 2.74. The minimum atomic E-state index is -0.350. The molecule has 0 radical (unpaired) electrons. The van der Waals surface area contributed by atoms with Crippen LogP contribution < -0.4 is 5.32 Å². The highest BCUT2D eigenvalue weighted by Crippen LogP contribution is 2.14. The van der Waals surface area contributed by atoms with E-state index in [-0.39, 0.29) is 11.9 Å². The van der Waals surface area contributed by atoms with Crippen LogP contribution in [0.5, 0.6) is 0 Å². The molecule has 2 aromatic heterocycles. The van der Waals surface area contributed by atoms with E-state index in [9.17, 15) is 4.79 Å². The second kappa shape index (κ2) is 5.80. The number of nitrogens with one attached hydrogen (secondary N) is 1. The molecular formula is C13H11N5O2S. The monoisotopic (exact) mass is 301 g/mol. The zero-order valence-corrected chi connectivity index (χ0v) is 11.9.